The Kier molecular flexibility index (Phi) is 3.13. The summed E-state index contributed by atoms with van der Waals surface area (Å²) in [6.45, 7) is 9.23. The molecule has 0 saturated heterocycles. The van der Waals surface area contributed by atoms with Crippen LogP contribution in [-0.4, -0.2) is 0 Å². The third-order valence-electron chi connectivity index (χ3n) is 5.37. The molecule has 0 heteroatoms. The normalized spacial score (nSPS) is 16.4. The van der Waals surface area contributed by atoms with E-state index >= 15 is 0 Å². The van der Waals surface area contributed by atoms with E-state index in [-0.39, 0.29) is 5.41 Å². The molecule has 2 aliphatic rings. The predicted octanol–water partition coefficient (Wildman–Crippen LogP) is 6.41. The van der Waals surface area contributed by atoms with Crippen LogP contribution >= 0.6 is 0 Å². The molecule has 4 rings (SSSR count). The van der Waals surface area contributed by atoms with Crippen molar-refractivity contribution in [2.24, 2.45) is 5.41 Å². The van der Waals surface area contributed by atoms with Crippen LogP contribution in [-0.2, 0) is 6.42 Å². The first-order valence-electron chi connectivity index (χ1n) is 8.56. The van der Waals surface area contributed by atoms with Crippen molar-refractivity contribution in [1.29, 1.82) is 0 Å². The molecule has 0 aliphatic heterocycles. The summed E-state index contributed by atoms with van der Waals surface area (Å²) in [4.78, 5) is 0. The Labute approximate surface area is 139 Å². The lowest BCUT2D eigenvalue weighted by molar-refractivity contribution is 0.497. The van der Waals surface area contributed by atoms with Crippen molar-refractivity contribution in [3.8, 4) is 11.1 Å². The third-order valence-corrected chi connectivity index (χ3v) is 5.37. The van der Waals surface area contributed by atoms with E-state index in [9.17, 15) is 0 Å². The van der Waals surface area contributed by atoms with Gasteiger partial charge in [-0.05, 0) is 64.1 Å². The van der Waals surface area contributed by atoms with Crippen LogP contribution < -0.4 is 0 Å². The summed E-state index contributed by atoms with van der Waals surface area (Å²) in [6.07, 6.45) is 4.59. The molecule has 0 bridgehead atoms. The number of allylic oxidation sites excluding steroid dienone is 4. The van der Waals surface area contributed by atoms with Gasteiger partial charge in [-0.25, -0.2) is 0 Å². The van der Waals surface area contributed by atoms with Gasteiger partial charge in [-0.15, -0.1) is 0 Å². The molecule has 0 spiro atoms. The van der Waals surface area contributed by atoms with Crippen LogP contribution in [0.15, 0.2) is 59.7 Å². The number of fused-ring (bicyclic) bond motifs is 3. The van der Waals surface area contributed by atoms with Crippen molar-refractivity contribution < 1.29 is 0 Å². The standard InChI is InChI=1S/C23H24/c1-15-12-17(23(2,3)4)14-21(15)20-11-7-10-19-18-9-6-5-8-16(18)13-22(19)20/h5-12H,13-14H2,1-4H3. The Morgan fingerprint density at radius 2 is 1.48 bits per heavy atom. The fourth-order valence-electron chi connectivity index (χ4n) is 3.96. The first-order valence-corrected chi connectivity index (χ1v) is 8.56. The second kappa shape index (κ2) is 4.96. The summed E-state index contributed by atoms with van der Waals surface area (Å²) in [6, 6.07) is 15.7. The van der Waals surface area contributed by atoms with E-state index in [1.807, 2.05) is 0 Å². The van der Waals surface area contributed by atoms with E-state index in [0.717, 1.165) is 12.8 Å². The highest BCUT2D eigenvalue weighted by molar-refractivity contribution is 5.86. The third kappa shape index (κ3) is 2.28. The SMILES string of the molecule is CC1=C(c2cccc3c2Cc2ccccc2-3)CC(C(C)(C)C)=C1. The maximum atomic E-state index is 2.41. The predicted molar refractivity (Wildman–Crippen MR) is 99.4 cm³/mol. The molecule has 0 fully saturated rings. The summed E-state index contributed by atoms with van der Waals surface area (Å²) in [5.41, 5.74) is 12.1. The van der Waals surface area contributed by atoms with E-state index in [0.29, 0.717) is 0 Å². The number of rotatable bonds is 1. The van der Waals surface area contributed by atoms with Crippen molar-refractivity contribution in [3.05, 3.63) is 76.4 Å². The number of benzene rings is 2. The molecular weight excluding hydrogens is 276 g/mol. The van der Waals surface area contributed by atoms with Crippen molar-refractivity contribution in [2.75, 3.05) is 0 Å². The molecule has 2 aromatic rings. The highest BCUT2D eigenvalue weighted by Gasteiger charge is 2.27. The average molecular weight is 300 g/mol. The molecule has 23 heavy (non-hydrogen) atoms. The minimum atomic E-state index is 0.254. The van der Waals surface area contributed by atoms with Gasteiger partial charge in [0.25, 0.3) is 0 Å². The molecule has 0 unspecified atom stereocenters. The van der Waals surface area contributed by atoms with Gasteiger partial charge in [0.05, 0.1) is 0 Å². The summed E-state index contributed by atoms with van der Waals surface area (Å²) in [5.74, 6) is 0. The Hall–Kier alpha value is -2.08. The topological polar surface area (TPSA) is 0 Å². The van der Waals surface area contributed by atoms with Gasteiger partial charge in [-0.3, -0.25) is 0 Å². The molecule has 0 saturated carbocycles. The van der Waals surface area contributed by atoms with Crippen LogP contribution in [0, 0.1) is 5.41 Å². The van der Waals surface area contributed by atoms with Crippen LogP contribution in [0.1, 0.15) is 50.8 Å². The van der Waals surface area contributed by atoms with Crippen LogP contribution in [0.5, 0.6) is 0 Å². The molecule has 116 valence electrons. The lowest BCUT2D eigenvalue weighted by atomic mass is 9.83. The van der Waals surface area contributed by atoms with Gasteiger partial charge in [0.15, 0.2) is 0 Å². The summed E-state index contributed by atoms with van der Waals surface area (Å²) in [5, 5.41) is 0. The summed E-state index contributed by atoms with van der Waals surface area (Å²) in [7, 11) is 0. The minimum absolute atomic E-state index is 0.254. The second-order valence-corrected chi connectivity index (χ2v) is 7.92. The van der Waals surface area contributed by atoms with E-state index in [1.54, 1.807) is 5.57 Å². The fraction of sp³-hybridized carbons (Fsp3) is 0.304. The Morgan fingerprint density at radius 3 is 2.22 bits per heavy atom. The highest BCUT2D eigenvalue weighted by atomic mass is 14.3. The van der Waals surface area contributed by atoms with Crippen molar-refractivity contribution in [3.63, 3.8) is 0 Å². The molecule has 0 aromatic heterocycles. The summed E-state index contributed by atoms with van der Waals surface area (Å²) >= 11 is 0. The number of hydrogen-bond donors (Lipinski definition) is 0. The van der Waals surface area contributed by atoms with E-state index < -0.39 is 0 Å². The van der Waals surface area contributed by atoms with Crippen LogP contribution in [0.4, 0.5) is 0 Å². The van der Waals surface area contributed by atoms with E-state index in [1.165, 1.54) is 39.0 Å². The highest BCUT2D eigenvalue weighted by Crippen LogP contribution is 2.46. The zero-order valence-corrected chi connectivity index (χ0v) is 14.5. The van der Waals surface area contributed by atoms with Crippen LogP contribution in [0.3, 0.4) is 0 Å². The molecule has 0 radical (unpaired) electrons. The smallest absolute Gasteiger partial charge is 0.000740 e. The summed E-state index contributed by atoms with van der Waals surface area (Å²) < 4.78 is 0. The maximum absolute atomic E-state index is 2.41. The van der Waals surface area contributed by atoms with Crippen LogP contribution in [0.25, 0.3) is 16.7 Å². The fourth-order valence-corrected chi connectivity index (χ4v) is 3.96. The molecule has 2 aromatic carbocycles. The Bertz CT molecular complexity index is 854. The lowest BCUT2D eigenvalue weighted by Crippen LogP contribution is -2.08. The van der Waals surface area contributed by atoms with Crippen LogP contribution in [0.2, 0.25) is 0 Å². The van der Waals surface area contributed by atoms with Gasteiger partial charge < -0.3 is 0 Å². The van der Waals surface area contributed by atoms with Crippen molar-refractivity contribution >= 4 is 5.57 Å². The minimum Gasteiger partial charge on any atom is -0.0619 e. The molecule has 0 nitrogen and oxygen atoms in total. The quantitative estimate of drug-likeness (QED) is 0.487. The molecule has 0 N–H and O–H groups in total. The first kappa shape index (κ1) is 14.5. The van der Waals surface area contributed by atoms with E-state index in [2.05, 4.69) is 76.2 Å². The number of hydrogen-bond acceptors (Lipinski definition) is 0. The molecule has 0 heterocycles. The van der Waals surface area contributed by atoms with Gasteiger partial charge in [-0.2, -0.15) is 0 Å². The maximum Gasteiger partial charge on any atom is -0.000740 e. The molecular formula is C23H24. The van der Waals surface area contributed by atoms with Gasteiger partial charge in [0.2, 0.25) is 0 Å². The molecule has 0 atom stereocenters. The first-order chi connectivity index (χ1) is 10.9. The van der Waals surface area contributed by atoms with Gasteiger partial charge in [0.1, 0.15) is 0 Å². The zero-order chi connectivity index (χ0) is 16.2. The lowest BCUT2D eigenvalue weighted by Gasteiger charge is -2.21. The van der Waals surface area contributed by atoms with Gasteiger partial charge >= 0.3 is 0 Å². The Morgan fingerprint density at radius 1 is 0.783 bits per heavy atom. The average Bonchev–Trinajstić information content (AvgIpc) is 3.07. The molecule has 2 aliphatic carbocycles. The van der Waals surface area contributed by atoms with E-state index in [4.69, 9.17) is 0 Å². The largest absolute Gasteiger partial charge is 0.0619 e. The van der Waals surface area contributed by atoms with Crippen molar-refractivity contribution in [2.45, 2.75) is 40.5 Å². The van der Waals surface area contributed by atoms with Crippen molar-refractivity contribution in [1.82, 2.24) is 0 Å². The Balaban J connectivity index is 1.78. The van der Waals surface area contributed by atoms with Gasteiger partial charge in [0, 0.05) is 0 Å². The second-order valence-electron chi connectivity index (χ2n) is 7.92. The molecule has 0 amide bonds. The monoisotopic (exact) mass is 300 g/mol. The van der Waals surface area contributed by atoms with Gasteiger partial charge in [-0.1, -0.05) is 74.9 Å². The zero-order valence-electron chi connectivity index (χ0n) is 14.5.